The van der Waals surface area contributed by atoms with Crippen LogP contribution in [0.25, 0.3) is 0 Å². The molecule has 2 N–H and O–H groups in total. The molecule has 6 heteroatoms. The minimum atomic E-state index is -0.626. The highest BCUT2D eigenvalue weighted by Gasteiger charge is 2.18. The van der Waals surface area contributed by atoms with Gasteiger partial charge in [0.25, 0.3) is 0 Å². The number of halogens is 3. The van der Waals surface area contributed by atoms with Crippen molar-refractivity contribution in [1.82, 2.24) is 4.98 Å². The Balaban J connectivity index is 2.43. The first kappa shape index (κ1) is 11.8. The maximum absolute atomic E-state index is 13.4. The number of nitrogens with zero attached hydrogens (tertiary/aromatic N) is 1. The molecule has 2 rings (SSSR count). The number of rotatable bonds is 2. The fourth-order valence-electron chi connectivity index (χ4n) is 1.37. The molecule has 2 heterocycles. The predicted octanol–water partition coefficient (Wildman–Crippen LogP) is 3.64. The van der Waals surface area contributed by atoms with E-state index in [4.69, 9.17) is 28.9 Å². The number of hydrogen-bond acceptors (Lipinski definition) is 3. The van der Waals surface area contributed by atoms with Gasteiger partial charge in [-0.15, -0.1) is 11.3 Å². The van der Waals surface area contributed by atoms with Crippen LogP contribution in [0.15, 0.2) is 24.5 Å². The molecule has 2 aromatic rings. The highest BCUT2D eigenvalue weighted by atomic mass is 35.5. The van der Waals surface area contributed by atoms with E-state index in [0.29, 0.717) is 19.8 Å². The van der Waals surface area contributed by atoms with Crippen LogP contribution in [-0.4, -0.2) is 4.98 Å². The molecule has 0 bridgehead atoms. The summed E-state index contributed by atoms with van der Waals surface area (Å²) in [4.78, 5) is 3.66. The summed E-state index contributed by atoms with van der Waals surface area (Å²) < 4.78 is 14.5. The van der Waals surface area contributed by atoms with Gasteiger partial charge in [-0.1, -0.05) is 23.2 Å². The van der Waals surface area contributed by atoms with Gasteiger partial charge in [-0.25, -0.2) is 4.39 Å². The van der Waals surface area contributed by atoms with Crippen molar-refractivity contribution in [3.63, 3.8) is 0 Å². The molecule has 1 atom stereocenters. The fourth-order valence-corrected chi connectivity index (χ4v) is 2.92. The molecule has 0 aliphatic heterocycles. The highest BCUT2D eigenvalue weighted by molar-refractivity contribution is 7.20. The maximum atomic E-state index is 13.4. The first-order chi connectivity index (χ1) is 7.59. The van der Waals surface area contributed by atoms with Crippen molar-refractivity contribution in [3.8, 4) is 0 Å². The van der Waals surface area contributed by atoms with Gasteiger partial charge in [0.2, 0.25) is 0 Å². The van der Waals surface area contributed by atoms with Crippen LogP contribution in [0, 0.1) is 5.82 Å². The zero-order valence-corrected chi connectivity index (χ0v) is 10.3. The largest absolute Gasteiger partial charge is 0.320 e. The second-order valence-electron chi connectivity index (χ2n) is 3.15. The topological polar surface area (TPSA) is 38.9 Å². The van der Waals surface area contributed by atoms with Gasteiger partial charge >= 0.3 is 0 Å². The summed E-state index contributed by atoms with van der Waals surface area (Å²) >= 11 is 13.0. The summed E-state index contributed by atoms with van der Waals surface area (Å²) in [5.74, 6) is -0.451. The minimum Gasteiger partial charge on any atom is -0.320 e. The summed E-state index contributed by atoms with van der Waals surface area (Å²) in [6.45, 7) is 0. The Morgan fingerprint density at radius 1 is 1.38 bits per heavy atom. The summed E-state index contributed by atoms with van der Waals surface area (Å²) in [5.41, 5.74) is 6.91. The molecule has 16 heavy (non-hydrogen) atoms. The molecule has 0 fully saturated rings. The van der Waals surface area contributed by atoms with Crippen molar-refractivity contribution in [1.29, 1.82) is 0 Å². The van der Waals surface area contributed by atoms with Crippen LogP contribution in [0.1, 0.15) is 17.2 Å². The molecule has 0 aliphatic rings. The standard InChI is InChI=1S/C10H7Cl2FN2S/c11-8-3-6(10(12)16-8)9(14)5-1-2-15-4-7(5)13/h1-4,9H,14H2. The van der Waals surface area contributed by atoms with Crippen molar-refractivity contribution < 1.29 is 4.39 Å². The third kappa shape index (κ3) is 2.20. The summed E-state index contributed by atoms with van der Waals surface area (Å²) in [7, 11) is 0. The maximum Gasteiger partial charge on any atom is 0.146 e. The minimum absolute atomic E-state index is 0.353. The van der Waals surface area contributed by atoms with E-state index in [0.717, 1.165) is 6.20 Å². The van der Waals surface area contributed by atoms with Gasteiger partial charge in [0, 0.05) is 17.3 Å². The van der Waals surface area contributed by atoms with E-state index in [-0.39, 0.29) is 0 Å². The molecule has 0 aliphatic carbocycles. The molecule has 0 radical (unpaired) electrons. The molecule has 2 aromatic heterocycles. The number of hydrogen-bond donors (Lipinski definition) is 1. The van der Waals surface area contributed by atoms with E-state index >= 15 is 0 Å². The van der Waals surface area contributed by atoms with E-state index in [2.05, 4.69) is 4.98 Å². The fraction of sp³-hybridized carbons (Fsp3) is 0.100. The normalized spacial score (nSPS) is 12.8. The van der Waals surface area contributed by atoms with Crippen LogP contribution in [0.3, 0.4) is 0 Å². The van der Waals surface area contributed by atoms with Gasteiger partial charge in [-0.3, -0.25) is 4.98 Å². The molecule has 0 saturated carbocycles. The Morgan fingerprint density at radius 2 is 2.12 bits per heavy atom. The Kier molecular flexibility index (Phi) is 3.44. The highest BCUT2D eigenvalue weighted by Crippen LogP contribution is 2.36. The number of pyridine rings is 1. The molecule has 84 valence electrons. The third-order valence-electron chi connectivity index (χ3n) is 2.16. The van der Waals surface area contributed by atoms with Crippen molar-refractivity contribution in [2.24, 2.45) is 5.73 Å². The van der Waals surface area contributed by atoms with E-state index in [1.165, 1.54) is 23.6 Å². The lowest BCUT2D eigenvalue weighted by molar-refractivity contribution is 0.593. The lowest BCUT2D eigenvalue weighted by Crippen LogP contribution is -2.13. The van der Waals surface area contributed by atoms with Crippen LogP contribution in [-0.2, 0) is 0 Å². The van der Waals surface area contributed by atoms with Gasteiger partial charge in [-0.05, 0) is 12.1 Å². The van der Waals surface area contributed by atoms with Crippen LogP contribution in [0.2, 0.25) is 8.67 Å². The summed E-state index contributed by atoms with van der Waals surface area (Å²) in [6, 6.07) is 2.56. The van der Waals surface area contributed by atoms with Crippen LogP contribution in [0.4, 0.5) is 4.39 Å². The molecular formula is C10H7Cl2FN2S. The average Bonchev–Trinajstić information content (AvgIpc) is 2.58. The lowest BCUT2D eigenvalue weighted by Gasteiger charge is -2.11. The van der Waals surface area contributed by atoms with Crippen molar-refractivity contribution >= 4 is 34.5 Å². The summed E-state index contributed by atoms with van der Waals surface area (Å²) in [6.07, 6.45) is 2.61. The van der Waals surface area contributed by atoms with Gasteiger partial charge in [0.15, 0.2) is 0 Å². The van der Waals surface area contributed by atoms with Crippen molar-refractivity contribution in [2.75, 3.05) is 0 Å². The van der Waals surface area contributed by atoms with Gasteiger partial charge in [0.1, 0.15) is 5.82 Å². The van der Waals surface area contributed by atoms with Gasteiger partial charge in [-0.2, -0.15) is 0 Å². The monoisotopic (exact) mass is 276 g/mol. The Morgan fingerprint density at radius 3 is 2.69 bits per heavy atom. The predicted molar refractivity (Wildman–Crippen MR) is 64.6 cm³/mol. The smallest absolute Gasteiger partial charge is 0.146 e. The third-order valence-corrected chi connectivity index (χ3v) is 3.67. The lowest BCUT2D eigenvalue weighted by atomic mass is 10.0. The zero-order valence-electron chi connectivity index (χ0n) is 7.95. The molecule has 0 spiro atoms. The first-order valence-corrected chi connectivity index (χ1v) is 5.96. The number of aromatic nitrogens is 1. The molecule has 0 aromatic carbocycles. The van der Waals surface area contributed by atoms with Gasteiger partial charge in [0.05, 0.1) is 20.9 Å². The molecular weight excluding hydrogens is 270 g/mol. The molecule has 2 nitrogen and oxygen atoms in total. The van der Waals surface area contributed by atoms with E-state index in [1.54, 1.807) is 6.07 Å². The number of thiophene rings is 1. The van der Waals surface area contributed by atoms with Crippen LogP contribution in [0.5, 0.6) is 0 Å². The Bertz CT molecular complexity index is 515. The molecule has 0 saturated heterocycles. The van der Waals surface area contributed by atoms with Crippen LogP contribution < -0.4 is 5.73 Å². The summed E-state index contributed by atoms with van der Waals surface area (Å²) in [5, 5.41) is 0. The molecule has 0 amide bonds. The molecule has 1 unspecified atom stereocenters. The Hall–Kier alpha value is -0.680. The number of nitrogens with two attached hydrogens (primary N) is 1. The SMILES string of the molecule is NC(c1ccncc1F)c1cc(Cl)sc1Cl. The van der Waals surface area contributed by atoms with Crippen molar-refractivity contribution in [3.05, 3.63) is 50.1 Å². The Labute approximate surface area is 106 Å². The zero-order chi connectivity index (χ0) is 11.7. The van der Waals surface area contributed by atoms with Gasteiger partial charge < -0.3 is 5.73 Å². The quantitative estimate of drug-likeness (QED) is 0.910. The van der Waals surface area contributed by atoms with E-state index in [1.807, 2.05) is 0 Å². The second kappa shape index (κ2) is 4.67. The second-order valence-corrected chi connectivity index (χ2v) is 5.44. The van der Waals surface area contributed by atoms with Crippen LogP contribution >= 0.6 is 34.5 Å². The average molecular weight is 277 g/mol. The van der Waals surface area contributed by atoms with Crippen molar-refractivity contribution in [2.45, 2.75) is 6.04 Å². The van der Waals surface area contributed by atoms with E-state index < -0.39 is 11.9 Å². The first-order valence-electron chi connectivity index (χ1n) is 4.39. The van der Waals surface area contributed by atoms with E-state index in [9.17, 15) is 4.39 Å².